The molecule has 0 aliphatic carbocycles. The van der Waals surface area contributed by atoms with E-state index in [2.05, 4.69) is 9.55 Å². The summed E-state index contributed by atoms with van der Waals surface area (Å²) in [5, 5.41) is 9.69. The lowest BCUT2D eigenvalue weighted by atomic mass is 10.1. The maximum Gasteiger partial charge on any atom is 0.421 e. The number of carboxylic acid groups (broad SMARTS) is 1. The van der Waals surface area contributed by atoms with E-state index in [9.17, 15) is 18.3 Å². The van der Waals surface area contributed by atoms with Crippen LogP contribution in [0, 0.1) is 20.8 Å². The van der Waals surface area contributed by atoms with Gasteiger partial charge >= 0.3 is 6.09 Å². The minimum absolute atomic E-state index is 0.0497. The topological polar surface area (TPSA) is 105 Å². The molecule has 0 aliphatic rings. The molecule has 0 atom stereocenters. The summed E-state index contributed by atoms with van der Waals surface area (Å²) in [6.07, 6.45) is -1.28. The van der Waals surface area contributed by atoms with Crippen molar-refractivity contribution in [3.8, 4) is 17.1 Å². The third-order valence-electron chi connectivity index (χ3n) is 6.60. The highest BCUT2D eigenvalue weighted by Crippen LogP contribution is 2.30. The smallest absolute Gasteiger partial charge is 0.421 e. The number of fused-ring (bicyclic) bond motifs is 1. The number of carbonyl (C=O) groups is 1. The summed E-state index contributed by atoms with van der Waals surface area (Å²) < 4.78 is 28.6. The summed E-state index contributed by atoms with van der Waals surface area (Å²) in [4.78, 5) is 21.4. The highest BCUT2D eigenvalue weighted by molar-refractivity contribution is 7.89. The van der Waals surface area contributed by atoms with E-state index in [0.717, 1.165) is 50.6 Å². The Morgan fingerprint density at radius 2 is 1.56 bits per heavy atom. The number of imidazole rings is 1. The zero-order valence-electron chi connectivity index (χ0n) is 21.9. The monoisotopic (exact) mass is 540 g/mol. The molecule has 39 heavy (non-hydrogen) atoms. The van der Waals surface area contributed by atoms with E-state index >= 15 is 0 Å². The zero-order valence-corrected chi connectivity index (χ0v) is 22.7. The van der Waals surface area contributed by atoms with E-state index in [1.807, 2.05) is 81.4 Å². The number of benzene rings is 3. The fourth-order valence-electron chi connectivity index (χ4n) is 4.62. The van der Waals surface area contributed by atoms with Crippen LogP contribution in [0.1, 0.15) is 22.5 Å². The summed E-state index contributed by atoms with van der Waals surface area (Å²) in [5.74, 6) is 0.787. The number of sulfonamides is 1. The molecular weight excluding hydrogens is 512 g/mol. The van der Waals surface area contributed by atoms with Crippen LogP contribution in [0.5, 0.6) is 0 Å². The number of amides is 1. The Balaban J connectivity index is 1.46. The minimum Gasteiger partial charge on any atom is -0.464 e. The van der Waals surface area contributed by atoms with Crippen molar-refractivity contribution in [1.82, 2.24) is 18.8 Å². The van der Waals surface area contributed by atoms with Gasteiger partial charge in [-0.1, -0.05) is 60.2 Å². The maximum atomic E-state index is 13.0. The van der Waals surface area contributed by atoms with Crippen LogP contribution < -0.4 is 0 Å². The predicted molar refractivity (Wildman–Crippen MR) is 151 cm³/mol. The van der Waals surface area contributed by atoms with E-state index in [4.69, 9.17) is 4.98 Å². The first kappa shape index (κ1) is 26.1. The molecule has 3 aromatic carbocycles. The van der Waals surface area contributed by atoms with Crippen molar-refractivity contribution < 1.29 is 18.3 Å². The number of aryl methyl sites for hydroxylation is 3. The number of rotatable bonds is 7. The van der Waals surface area contributed by atoms with Gasteiger partial charge in [0, 0.05) is 23.5 Å². The Labute approximate surface area is 227 Å². The van der Waals surface area contributed by atoms with Crippen LogP contribution >= 0.6 is 0 Å². The molecule has 5 aromatic rings. The van der Waals surface area contributed by atoms with E-state index in [1.165, 1.54) is 12.1 Å². The lowest BCUT2D eigenvalue weighted by molar-refractivity contribution is 0.172. The summed E-state index contributed by atoms with van der Waals surface area (Å²) in [7, 11) is -4.18. The second kappa shape index (κ2) is 10.3. The number of hydrogen-bond donors (Lipinski definition) is 1. The first-order valence-electron chi connectivity index (χ1n) is 12.5. The fraction of sp³-hybridized carbons (Fsp3) is 0.167. The third kappa shape index (κ3) is 5.13. The molecule has 0 saturated carbocycles. The molecule has 1 N–H and O–H groups in total. The molecule has 2 heterocycles. The number of nitrogens with zero attached hydrogens (tertiary/aromatic N) is 4. The highest BCUT2D eigenvalue weighted by Gasteiger charge is 2.28. The SMILES string of the molecule is Cc1ccc(S(=O)(=O)N(CCc2ccc(-n3c(-c4ccccc4)nc4c(C)nc(C)cc43)cc2)C(=O)O)cc1. The maximum absolute atomic E-state index is 13.0. The predicted octanol–water partition coefficient (Wildman–Crippen LogP) is 5.92. The molecular formula is C30H28N4O4S. The molecule has 0 bridgehead atoms. The van der Waals surface area contributed by atoms with E-state index < -0.39 is 16.1 Å². The molecule has 0 saturated heterocycles. The van der Waals surface area contributed by atoms with Gasteiger partial charge in [0.15, 0.2) is 0 Å². The standard InChI is InChI=1S/C30H28N4O4S/c1-20-9-15-26(16-10-20)39(37,38)33(30(35)36)18-17-23-11-13-25(14-12-23)34-27-19-21(2)31-22(3)28(27)32-29(34)24-7-5-4-6-8-24/h4-16,19H,17-18H2,1-3H3,(H,35,36). The Morgan fingerprint density at radius 3 is 2.21 bits per heavy atom. The highest BCUT2D eigenvalue weighted by atomic mass is 32.2. The second-order valence-electron chi connectivity index (χ2n) is 9.44. The summed E-state index contributed by atoms with van der Waals surface area (Å²) in [6.45, 7) is 5.54. The lowest BCUT2D eigenvalue weighted by Crippen LogP contribution is -2.37. The first-order valence-corrected chi connectivity index (χ1v) is 13.9. The average Bonchev–Trinajstić information content (AvgIpc) is 3.29. The quantitative estimate of drug-likeness (QED) is 0.275. The molecule has 8 nitrogen and oxygen atoms in total. The zero-order chi connectivity index (χ0) is 27.7. The lowest BCUT2D eigenvalue weighted by Gasteiger charge is -2.19. The van der Waals surface area contributed by atoms with Crippen LogP contribution in [0.15, 0.2) is 89.8 Å². The van der Waals surface area contributed by atoms with E-state index in [-0.39, 0.29) is 17.9 Å². The third-order valence-corrected chi connectivity index (χ3v) is 8.38. The average molecular weight is 541 g/mol. The Morgan fingerprint density at radius 1 is 0.897 bits per heavy atom. The molecule has 1 amide bonds. The van der Waals surface area contributed by atoms with Crippen molar-refractivity contribution in [3.63, 3.8) is 0 Å². The van der Waals surface area contributed by atoms with Crippen molar-refractivity contribution in [2.45, 2.75) is 32.1 Å². The van der Waals surface area contributed by atoms with E-state index in [1.54, 1.807) is 12.1 Å². The Bertz CT molecular complexity index is 1760. The summed E-state index contributed by atoms with van der Waals surface area (Å²) in [5.41, 5.74) is 7.04. The largest absolute Gasteiger partial charge is 0.464 e. The first-order chi connectivity index (χ1) is 18.6. The van der Waals surface area contributed by atoms with Gasteiger partial charge in [0.05, 0.1) is 16.1 Å². The van der Waals surface area contributed by atoms with Crippen molar-refractivity contribution >= 4 is 27.1 Å². The van der Waals surface area contributed by atoms with Gasteiger partial charge in [-0.05, 0) is 63.1 Å². The van der Waals surface area contributed by atoms with Crippen LogP contribution in [0.4, 0.5) is 4.79 Å². The van der Waals surface area contributed by atoms with Crippen LogP contribution in [-0.4, -0.2) is 45.0 Å². The van der Waals surface area contributed by atoms with Crippen LogP contribution in [0.3, 0.4) is 0 Å². The summed E-state index contributed by atoms with van der Waals surface area (Å²) in [6, 6.07) is 25.7. The second-order valence-corrected chi connectivity index (χ2v) is 11.3. The molecule has 9 heteroatoms. The van der Waals surface area contributed by atoms with Crippen molar-refractivity contribution in [2.24, 2.45) is 0 Å². The van der Waals surface area contributed by atoms with Gasteiger partial charge < -0.3 is 5.11 Å². The van der Waals surface area contributed by atoms with Gasteiger partial charge in [0.1, 0.15) is 11.3 Å². The van der Waals surface area contributed by atoms with Crippen molar-refractivity contribution in [3.05, 3.63) is 107 Å². The van der Waals surface area contributed by atoms with Gasteiger partial charge in [-0.15, -0.1) is 0 Å². The summed E-state index contributed by atoms with van der Waals surface area (Å²) >= 11 is 0. The van der Waals surface area contributed by atoms with Crippen molar-refractivity contribution in [2.75, 3.05) is 6.54 Å². The Hall–Kier alpha value is -4.50. The molecule has 0 unspecified atom stereocenters. The van der Waals surface area contributed by atoms with Gasteiger partial charge in [-0.25, -0.2) is 22.5 Å². The number of aromatic nitrogens is 3. The number of hydrogen-bond acceptors (Lipinski definition) is 5. The van der Waals surface area contributed by atoms with Gasteiger partial charge in [0.2, 0.25) is 0 Å². The molecule has 0 radical (unpaired) electrons. The Kier molecular flexibility index (Phi) is 6.93. The van der Waals surface area contributed by atoms with Crippen LogP contribution in [0.2, 0.25) is 0 Å². The molecule has 0 aliphatic heterocycles. The number of pyridine rings is 1. The van der Waals surface area contributed by atoms with Crippen molar-refractivity contribution in [1.29, 1.82) is 0 Å². The van der Waals surface area contributed by atoms with Gasteiger partial charge in [0.25, 0.3) is 10.0 Å². The molecule has 198 valence electrons. The molecule has 0 spiro atoms. The molecule has 2 aromatic heterocycles. The minimum atomic E-state index is -4.18. The van der Waals surface area contributed by atoms with Gasteiger partial charge in [-0.2, -0.15) is 0 Å². The normalized spacial score (nSPS) is 11.6. The molecule has 5 rings (SSSR count). The molecule has 0 fully saturated rings. The van der Waals surface area contributed by atoms with E-state index in [0.29, 0.717) is 4.31 Å². The van der Waals surface area contributed by atoms with Crippen LogP contribution in [0.25, 0.3) is 28.1 Å². The van der Waals surface area contributed by atoms with Crippen LogP contribution in [-0.2, 0) is 16.4 Å². The van der Waals surface area contributed by atoms with Gasteiger partial charge in [-0.3, -0.25) is 9.55 Å². The fourth-order valence-corrected chi connectivity index (χ4v) is 5.89.